The van der Waals surface area contributed by atoms with Crippen LogP contribution in [0.25, 0.3) is 0 Å². The summed E-state index contributed by atoms with van der Waals surface area (Å²) in [5.41, 5.74) is 1.25. The van der Waals surface area contributed by atoms with Gasteiger partial charge < -0.3 is 19.5 Å². The minimum absolute atomic E-state index is 0.157. The van der Waals surface area contributed by atoms with Crippen molar-refractivity contribution in [2.75, 3.05) is 19.8 Å². The van der Waals surface area contributed by atoms with Crippen molar-refractivity contribution < 1.29 is 14.2 Å². The lowest BCUT2D eigenvalue weighted by Crippen LogP contribution is -2.17. The van der Waals surface area contributed by atoms with Gasteiger partial charge in [-0.25, -0.2) is 0 Å². The Labute approximate surface area is 120 Å². The molecule has 110 valence electrons. The molecule has 3 rings (SSSR count). The zero-order chi connectivity index (χ0) is 13.8. The highest BCUT2D eigenvalue weighted by atomic mass is 16.6. The minimum Gasteiger partial charge on any atom is -0.490 e. The Kier molecular flexibility index (Phi) is 4.43. The number of hydrogen-bond acceptors (Lipinski definition) is 4. The van der Waals surface area contributed by atoms with Gasteiger partial charge in [-0.2, -0.15) is 0 Å². The van der Waals surface area contributed by atoms with E-state index in [4.69, 9.17) is 14.2 Å². The van der Waals surface area contributed by atoms with Gasteiger partial charge in [0.15, 0.2) is 11.5 Å². The van der Waals surface area contributed by atoms with E-state index in [1.165, 1.54) is 18.4 Å². The summed E-state index contributed by atoms with van der Waals surface area (Å²) in [6.07, 6.45) is 3.73. The van der Waals surface area contributed by atoms with Gasteiger partial charge in [0, 0.05) is 19.0 Å². The van der Waals surface area contributed by atoms with Gasteiger partial charge in [0.05, 0.1) is 19.8 Å². The maximum absolute atomic E-state index is 5.98. The Morgan fingerprint density at radius 3 is 2.85 bits per heavy atom. The topological polar surface area (TPSA) is 39.7 Å². The Hall–Kier alpha value is -1.26. The highest BCUT2D eigenvalue weighted by Gasteiger charge is 2.21. The molecule has 0 amide bonds. The first-order valence-corrected chi connectivity index (χ1v) is 7.58. The Morgan fingerprint density at radius 1 is 1.25 bits per heavy atom. The molecule has 4 heteroatoms. The predicted molar refractivity (Wildman–Crippen MR) is 77.3 cm³/mol. The molecular weight excluding hydrogens is 254 g/mol. The third-order valence-corrected chi connectivity index (χ3v) is 3.66. The third-order valence-electron chi connectivity index (χ3n) is 3.66. The van der Waals surface area contributed by atoms with Crippen LogP contribution in [0.3, 0.4) is 0 Å². The second-order valence-electron chi connectivity index (χ2n) is 5.47. The molecule has 0 radical (unpaired) electrons. The monoisotopic (exact) mass is 277 g/mol. The number of rotatable bonds is 7. The Bertz CT molecular complexity index is 439. The van der Waals surface area contributed by atoms with Crippen LogP contribution in [0.2, 0.25) is 0 Å². The van der Waals surface area contributed by atoms with Crippen molar-refractivity contribution in [3.8, 4) is 11.5 Å². The van der Waals surface area contributed by atoms with E-state index in [1.54, 1.807) is 0 Å². The van der Waals surface area contributed by atoms with Gasteiger partial charge in [0.2, 0.25) is 0 Å². The molecule has 1 aromatic rings. The molecule has 0 aromatic heterocycles. The maximum Gasteiger partial charge on any atom is 0.161 e. The number of ether oxygens (including phenoxy) is 3. The maximum atomic E-state index is 5.98. The molecule has 1 saturated heterocycles. The van der Waals surface area contributed by atoms with Gasteiger partial charge in [-0.05, 0) is 37.5 Å². The summed E-state index contributed by atoms with van der Waals surface area (Å²) in [5.74, 6) is 1.67. The fourth-order valence-corrected chi connectivity index (χ4v) is 2.36. The van der Waals surface area contributed by atoms with Crippen molar-refractivity contribution in [2.45, 2.75) is 44.9 Å². The average Bonchev–Trinajstić information content (AvgIpc) is 3.15. The first kappa shape index (κ1) is 13.7. The lowest BCUT2D eigenvalue weighted by Gasteiger charge is -2.16. The summed E-state index contributed by atoms with van der Waals surface area (Å²) in [4.78, 5) is 0. The standard InChI is InChI=1S/C16H23NO3/c1-2-19-16-9-12(10-17-13-4-5-13)3-6-15(16)20-14-7-8-18-11-14/h3,6,9,13-14,17H,2,4-5,7-8,10-11H2,1H3. The van der Waals surface area contributed by atoms with Crippen molar-refractivity contribution in [3.63, 3.8) is 0 Å². The van der Waals surface area contributed by atoms with Crippen LogP contribution >= 0.6 is 0 Å². The van der Waals surface area contributed by atoms with Crippen molar-refractivity contribution in [1.82, 2.24) is 5.32 Å². The largest absolute Gasteiger partial charge is 0.490 e. The SMILES string of the molecule is CCOc1cc(CNC2CC2)ccc1OC1CCOC1. The van der Waals surface area contributed by atoms with Crippen LogP contribution in [0.15, 0.2) is 18.2 Å². The second kappa shape index (κ2) is 6.46. The molecular formula is C16H23NO3. The van der Waals surface area contributed by atoms with Gasteiger partial charge in [-0.3, -0.25) is 0 Å². The van der Waals surface area contributed by atoms with E-state index in [1.807, 2.05) is 13.0 Å². The van der Waals surface area contributed by atoms with Crippen LogP contribution in [0, 0.1) is 0 Å². The molecule has 1 atom stereocenters. The Balaban J connectivity index is 1.66. The molecule has 2 fully saturated rings. The third kappa shape index (κ3) is 3.64. The number of nitrogens with one attached hydrogen (secondary N) is 1. The molecule has 1 saturated carbocycles. The van der Waals surface area contributed by atoms with Crippen molar-refractivity contribution in [2.24, 2.45) is 0 Å². The molecule has 1 aliphatic heterocycles. The summed E-state index contributed by atoms with van der Waals surface area (Å²) >= 11 is 0. The lowest BCUT2D eigenvalue weighted by atomic mass is 10.2. The van der Waals surface area contributed by atoms with E-state index in [0.717, 1.165) is 37.1 Å². The zero-order valence-corrected chi connectivity index (χ0v) is 12.1. The van der Waals surface area contributed by atoms with Crippen molar-refractivity contribution >= 4 is 0 Å². The highest BCUT2D eigenvalue weighted by molar-refractivity contribution is 5.43. The summed E-state index contributed by atoms with van der Waals surface area (Å²) in [5, 5.41) is 3.52. The van der Waals surface area contributed by atoms with Crippen LogP contribution < -0.4 is 14.8 Å². The normalized spacial score (nSPS) is 21.9. The fraction of sp³-hybridized carbons (Fsp3) is 0.625. The molecule has 0 bridgehead atoms. The number of benzene rings is 1. The van der Waals surface area contributed by atoms with E-state index in [-0.39, 0.29) is 6.10 Å². The lowest BCUT2D eigenvalue weighted by molar-refractivity contribution is 0.138. The summed E-state index contributed by atoms with van der Waals surface area (Å²) in [6.45, 7) is 5.01. The second-order valence-corrected chi connectivity index (χ2v) is 5.47. The molecule has 20 heavy (non-hydrogen) atoms. The highest BCUT2D eigenvalue weighted by Crippen LogP contribution is 2.31. The van der Waals surface area contributed by atoms with Crippen LogP contribution in [-0.4, -0.2) is 32.0 Å². The van der Waals surface area contributed by atoms with Gasteiger partial charge in [-0.1, -0.05) is 6.07 Å². The van der Waals surface area contributed by atoms with E-state index < -0.39 is 0 Å². The molecule has 1 N–H and O–H groups in total. The van der Waals surface area contributed by atoms with Gasteiger partial charge in [0.25, 0.3) is 0 Å². The average molecular weight is 277 g/mol. The quantitative estimate of drug-likeness (QED) is 0.831. The summed E-state index contributed by atoms with van der Waals surface area (Å²) in [7, 11) is 0. The van der Waals surface area contributed by atoms with Gasteiger partial charge >= 0.3 is 0 Å². The Morgan fingerprint density at radius 2 is 2.15 bits per heavy atom. The van der Waals surface area contributed by atoms with Crippen molar-refractivity contribution in [1.29, 1.82) is 0 Å². The first-order chi connectivity index (χ1) is 9.85. The van der Waals surface area contributed by atoms with Crippen LogP contribution in [0.1, 0.15) is 31.7 Å². The van der Waals surface area contributed by atoms with Crippen LogP contribution in [-0.2, 0) is 11.3 Å². The molecule has 1 heterocycles. The van der Waals surface area contributed by atoms with Gasteiger partial charge in [0.1, 0.15) is 6.10 Å². The fourth-order valence-electron chi connectivity index (χ4n) is 2.36. The molecule has 1 aromatic carbocycles. The first-order valence-electron chi connectivity index (χ1n) is 7.58. The molecule has 1 unspecified atom stereocenters. The van der Waals surface area contributed by atoms with E-state index in [2.05, 4.69) is 17.4 Å². The molecule has 1 aliphatic carbocycles. The zero-order valence-electron chi connectivity index (χ0n) is 12.1. The van der Waals surface area contributed by atoms with E-state index in [0.29, 0.717) is 13.2 Å². The summed E-state index contributed by atoms with van der Waals surface area (Å²) < 4.78 is 17.0. The number of hydrogen-bond donors (Lipinski definition) is 1. The predicted octanol–water partition coefficient (Wildman–Crippen LogP) is 2.51. The van der Waals surface area contributed by atoms with E-state index >= 15 is 0 Å². The molecule has 0 spiro atoms. The smallest absolute Gasteiger partial charge is 0.161 e. The van der Waals surface area contributed by atoms with Crippen molar-refractivity contribution in [3.05, 3.63) is 23.8 Å². The molecule has 2 aliphatic rings. The van der Waals surface area contributed by atoms with Crippen LogP contribution in [0.5, 0.6) is 11.5 Å². The van der Waals surface area contributed by atoms with Crippen LogP contribution in [0.4, 0.5) is 0 Å². The van der Waals surface area contributed by atoms with E-state index in [9.17, 15) is 0 Å². The minimum atomic E-state index is 0.157. The summed E-state index contributed by atoms with van der Waals surface area (Å²) in [6, 6.07) is 6.94. The molecule has 4 nitrogen and oxygen atoms in total. The van der Waals surface area contributed by atoms with Gasteiger partial charge in [-0.15, -0.1) is 0 Å².